The molecule has 2 aromatic carbocycles. The minimum absolute atomic E-state index is 0.353. The predicted octanol–water partition coefficient (Wildman–Crippen LogP) is 4.38. The first-order chi connectivity index (χ1) is 8.54. The van der Waals surface area contributed by atoms with Gasteiger partial charge in [-0.3, -0.25) is 4.79 Å². The number of carbonyl (C=O) groups is 1. The first-order valence-electron chi connectivity index (χ1n) is 5.07. The molecule has 2 aromatic rings. The van der Waals surface area contributed by atoms with E-state index >= 15 is 0 Å². The maximum absolute atomic E-state index is 12.7. The average Bonchev–Trinajstić information content (AvgIpc) is 2.28. The summed E-state index contributed by atoms with van der Waals surface area (Å²) in [7, 11) is 0. The van der Waals surface area contributed by atoms with E-state index in [2.05, 4.69) is 5.32 Å². The quantitative estimate of drug-likeness (QED) is 0.870. The number of amides is 1. The predicted molar refractivity (Wildman–Crippen MR) is 70.8 cm³/mol. The minimum Gasteiger partial charge on any atom is -0.322 e. The summed E-state index contributed by atoms with van der Waals surface area (Å²) in [5.74, 6) is -0.745. The number of hydrogen-bond acceptors (Lipinski definition) is 1. The van der Waals surface area contributed by atoms with Gasteiger partial charge in [0, 0.05) is 21.3 Å². The molecule has 0 saturated carbocycles. The molecule has 18 heavy (non-hydrogen) atoms. The fourth-order valence-corrected chi connectivity index (χ4v) is 1.96. The molecular weight excluding hydrogens is 276 g/mol. The fourth-order valence-electron chi connectivity index (χ4n) is 1.43. The zero-order chi connectivity index (χ0) is 13.1. The highest BCUT2D eigenvalue weighted by Crippen LogP contribution is 2.22. The van der Waals surface area contributed by atoms with Crippen molar-refractivity contribution in [1.82, 2.24) is 0 Å². The van der Waals surface area contributed by atoms with Gasteiger partial charge in [-0.1, -0.05) is 23.2 Å². The van der Waals surface area contributed by atoms with E-state index in [1.807, 2.05) is 0 Å². The molecule has 92 valence electrons. The Labute approximate surface area is 113 Å². The lowest BCUT2D eigenvalue weighted by atomic mass is 10.2. The molecule has 2 rings (SSSR count). The topological polar surface area (TPSA) is 29.1 Å². The van der Waals surface area contributed by atoms with Crippen molar-refractivity contribution in [3.63, 3.8) is 0 Å². The molecule has 0 saturated heterocycles. The second-order valence-electron chi connectivity index (χ2n) is 3.62. The molecule has 0 unspecified atom stereocenters. The van der Waals surface area contributed by atoms with Crippen LogP contribution in [0.2, 0.25) is 10.0 Å². The molecule has 1 amide bonds. The third kappa shape index (κ3) is 3.22. The van der Waals surface area contributed by atoms with Crippen LogP contribution in [-0.4, -0.2) is 5.91 Å². The number of halogens is 3. The van der Waals surface area contributed by atoms with Crippen molar-refractivity contribution >= 4 is 34.8 Å². The molecular formula is C13H8Cl2FNO. The summed E-state index contributed by atoms with van der Waals surface area (Å²) in [5.41, 5.74) is 0.842. The van der Waals surface area contributed by atoms with Crippen molar-refractivity contribution in [3.05, 3.63) is 63.9 Å². The van der Waals surface area contributed by atoms with Crippen molar-refractivity contribution in [1.29, 1.82) is 0 Å². The Balaban J connectivity index is 2.18. The van der Waals surface area contributed by atoms with Gasteiger partial charge in [0.2, 0.25) is 0 Å². The van der Waals surface area contributed by atoms with Crippen LogP contribution in [0.1, 0.15) is 10.4 Å². The maximum atomic E-state index is 12.7. The number of nitrogens with one attached hydrogen (secondary N) is 1. The van der Waals surface area contributed by atoms with Crippen LogP contribution in [0.3, 0.4) is 0 Å². The van der Waals surface area contributed by atoms with Gasteiger partial charge >= 0.3 is 0 Å². The van der Waals surface area contributed by atoms with Crippen molar-refractivity contribution in [2.45, 2.75) is 0 Å². The normalized spacial score (nSPS) is 10.2. The van der Waals surface area contributed by atoms with Crippen LogP contribution in [0.5, 0.6) is 0 Å². The Morgan fingerprint density at radius 1 is 1.00 bits per heavy atom. The molecule has 0 radical (unpaired) electrons. The van der Waals surface area contributed by atoms with Crippen LogP contribution in [-0.2, 0) is 0 Å². The Kier molecular flexibility index (Phi) is 3.84. The molecule has 1 N–H and O–H groups in total. The summed E-state index contributed by atoms with van der Waals surface area (Å²) < 4.78 is 12.7. The molecule has 2 nitrogen and oxygen atoms in total. The van der Waals surface area contributed by atoms with Crippen molar-refractivity contribution in [2.24, 2.45) is 0 Å². The number of carbonyl (C=O) groups excluding carboxylic acids is 1. The van der Waals surface area contributed by atoms with Gasteiger partial charge in [-0.15, -0.1) is 0 Å². The molecule has 0 heterocycles. The second kappa shape index (κ2) is 5.38. The standard InChI is InChI=1S/C13H8Cl2FNO/c14-9-5-10(15)7-12(6-9)17-13(18)8-1-3-11(16)4-2-8/h1-7H,(H,17,18). The Hall–Kier alpha value is -1.58. The zero-order valence-corrected chi connectivity index (χ0v) is 10.6. The highest BCUT2D eigenvalue weighted by Gasteiger charge is 2.07. The van der Waals surface area contributed by atoms with Gasteiger partial charge in [0.05, 0.1) is 0 Å². The maximum Gasteiger partial charge on any atom is 0.255 e. The molecule has 0 atom stereocenters. The number of benzene rings is 2. The number of hydrogen-bond donors (Lipinski definition) is 1. The third-order valence-corrected chi connectivity index (χ3v) is 2.66. The van der Waals surface area contributed by atoms with Crippen LogP contribution < -0.4 is 5.32 Å². The van der Waals surface area contributed by atoms with E-state index in [4.69, 9.17) is 23.2 Å². The van der Waals surface area contributed by atoms with E-state index in [9.17, 15) is 9.18 Å². The molecule has 0 fully saturated rings. The largest absolute Gasteiger partial charge is 0.322 e. The molecule has 5 heteroatoms. The highest BCUT2D eigenvalue weighted by atomic mass is 35.5. The van der Waals surface area contributed by atoms with Crippen molar-refractivity contribution in [2.75, 3.05) is 5.32 Å². The summed E-state index contributed by atoms with van der Waals surface area (Å²) >= 11 is 11.6. The average molecular weight is 284 g/mol. The summed E-state index contributed by atoms with van der Waals surface area (Å²) in [6, 6.07) is 9.97. The van der Waals surface area contributed by atoms with Crippen LogP contribution >= 0.6 is 23.2 Å². The Morgan fingerprint density at radius 3 is 2.11 bits per heavy atom. The Bertz CT molecular complexity index is 564. The van der Waals surface area contributed by atoms with E-state index in [0.717, 1.165) is 0 Å². The van der Waals surface area contributed by atoms with Gasteiger partial charge in [-0.05, 0) is 42.5 Å². The summed E-state index contributed by atoms with van der Waals surface area (Å²) in [5, 5.41) is 3.48. The lowest BCUT2D eigenvalue weighted by Gasteiger charge is -2.06. The molecule has 0 aliphatic rings. The van der Waals surface area contributed by atoms with Crippen LogP contribution in [0, 0.1) is 5.82 Å². The molecule has 0 aromatic heterocycles. The smallest absolute Gasteiger partial charge is 0.255 e. The van der Waals surface area contributed by atoms with Gasteiger partial charge in [-0.25, -0.2) is 4.39 Å². The molecule has 0 bridgehead atoms. The van der Waals surface area contributed by atoms with Gasteiger partial charge < -0.3 is 5.32 Å². The summed E-state index contributed by atoms with van der Waals surface area (Å²) in [6.07, 6.45) is 0. The monoisotopic (exact) mass is 283 g/mol. The number of anilines is 1. The van der Waals surface area contributed by atoms with E-state index in [1.165, 1.54) is 24.3 Å². The van der Waals surface area contributed by atoms with Crippen LogP contribution in [0.15, 0.2) is 42.5 Å². The SMILES string of the molecule is O=C(Nc1cc(Cl)cc(Cl)c1)c1ccc(F)cc1. The van der Waals surface area contributed by atoms with Gasteiger partial charge in [0.25, 0.3) is 5.91 Å². The van der Waals surface area contributed by atoms with E-state index in [-0.39, 0.29) is 5.91 Å². The van der Waals surface area contributed by atoms with E-state index < -0.39 is 5.82 Å². The summed E-state index contributed by atoms with van der Waals surface area (Å²) in [6.45, 7) is 0. The van der Waals surface area contributed by atoms with Gasteiger partial charge in [-0.2, -0.15) is 0 Å². The molecule has 0 spiro atoms. The first-order valence-corrected chi connectivity index (χ1v) is 5.83. The Morgan fingerprint density at radius 2 is 1.56 bits per heavy atom. The van der Waals surface area contributed by atoms with Crippen LogP contribution in [0.4, 0.5) is 10.1 Å². The second-order valence-corrected chi connectivity index (χ2v) is 4.49. The van der Waals surface area contributed by atoms with E-state index in [0.29, 0.717) is 21.3 Å². The first kappa shape index (κ1) is 12.9. The lowest BCUT2D eigenvalue weighted by Crippen LogP contribution is -2.11. The third-order valence-electron chi connectivity index (χ3n) is 2.23. The zero-order valence-electron chi connectivity index (χ0n) is 9.08. The number of rotatable bonds is 2. The van der Waals surface area contributed by atoms with E-state index in [1.54, 1.807) is 18.2 Å². The van der Waals surface area contributed by atoms with Gasteiger partial charge in [0.15, 0.2) is 0 Å². The van der Waals surface area contributed by atoms with Crippen LogP contribution in [0.25, 0.3) is 0 Å². The summed E-state index contributed by atoms with van der Waals surface area (Å²) in [4.78, 5) is 11.8. The highest BCUT2D eigenvalue weighted by molar-refractivity contribution is 6.35. The van der Waals surface area contributed by atoms with Crippen molar-refractivity contribution in [3.8, 4) is 0 Å². The fraction of sp³-hybridized carbons (Fsp3) is 0. The van der Waals surface area contributed by atoms with Crippen molar-refractivity contribution < 1.29 is 9.18 Å². The molecule has 0 aliphatic carbocycles. The van der Waals surface area contributed by atoms with Gasteiger partial charge in [0.1, 0.15) is 5.82 Å². The lowest BCUT2D eigenvalue weighted by molar-refractivity contribution is 0.102. The molecule has 0 aliphatic heterocycles. The minimum atomic E-state index is -0.391.